The van der Waals surface area contributed by atoms with Crippen molar-refractivity contribution in [2.45, 2.75) is 12.6 Å². The molecule has 5 nitrogen and oxygen atoms in total. The first-order valence-corrected chi connectivity index (χ1v) is 11.8. The Bertz CT molecular complexity index is 1190. The van der Waals surface area contributed by atoms with Crippen molar-refractivity contribution < 1.29 is 22.7 Å². The molecule has 8 heteroatoms. The smallest absolute Gasteiger partial charge is 0.418 e. The van der Waals surface area contributed by atoms with Crippen LogP contribution in [-0.4, -0.2) is 61.4 Å². The van der Waals surface area contributed by atoms with Gasteiger partial charge in [0, 0.05) is 38.3 Å². The molecule has 0 N–H and O–H groups in total. The molecule has 0 aliphatic carbocycles. The van der Waals surface area contributed by atoms with Gasteiger partial charge in [-0.2, -0.15) is 13.2 Å². The number of aliphatic imine (C=N–C) groups is 1. The molecular formula is C28H28F3N3O2. The van der Waals surface area contributed by atoms with E-state index >= 15 is 0 Å². The fourth-order valence-electron chi connectivity index (χ4n) is 4.23. The van der Waals surface area contributed by atoms with Crippen LogP contribution >= 0.6 is 0 Å². The zero-order valence-corrected chi connectivity index (χ0v) is 20.0. The van der Waals surface area contributed by atoms with Gasteiger partial charge >= 0.3 is 12.1 Å². The highest BCUT2D eigenvalue weighted by Gasteiger charge is 2.33. The Morgan fingerprint density at radius 2 is 1.47 bits per heavy atom. The zero-order chi connectivity index (χ0) is 25.5. The van der Waals surface area contributed by atoms with E-state index in [2.05, 4.69) is 22.0 Å². The summed E-state index contributed by atoms with van der Waals surface area (Å²) in [6.07, 6.45) is -3.58. The predicted octanol–water partition coefficient (Wildman–Crippen LogP) is 5.43. The maximum absolute atomic E-state index is 13.7. The number of hydrogen-bond acceptors (Lipinski definition) is 4. The van der Waals surface area contributed by atoms with Crippen LogP contribution in [0, 0.1) is 0 Å². The first-order valence-electron chi connectivity index (χ1n) is 11.8. The Morgan fingerprint density at radius 1 is 0.861 bits per heavy atom. The molecule has 1 heterocycles. The average Bonchev–Trinajstić information content (AvgIpc) is 2.91. The number of alkyl halides is 3. The molecule has 36 heavy (non-hydrogen) atoms. The number of esters is 1. The summed E-state index contributed by atoms with van der Waals surface area (Å²) in [6.45, 7) is 3.70. The number of piperazine rings is 1. The average molecular weight is 496 g/mol. The highest BCUT2D eigenvalue weighted by molar-refractivity contribution is 6.01. The normalized spacial score (nSPS) is 15.1. The van der Waals surface area contributed by atoms with E-state index in [1.54, 1.807) is 30.3 Å². The third kappa shape index (κ3) is 6.31. The monoisotopic (exact) mass is 495 g/mol. The van der Waals surface area contributed by atoms with Crippen molar-refractivity contribution in [3.8, 4) is 0 Å². The van der Waals surface area contributed by atoms with E-state index in [1.807, 2.05) is 23.1 Å². The summed E-state index contributed by atoms with van der Waals surface area (Å²) in [5.41, 5.74) is 1.36. The topological polar surface area (TPSA) is 45.1 Å². The molecule has 0 radical (unpaired) electrons. The lowest BCUT2D eigenvalue weighted by Crippen LogP contribution is -2.49. The molecule has 0 spiro atoms. The van der Waals surface area contributed by atoms with Gasteiger partial charge in [0.05, 0.1) is 23.9 Å². The van der Waals surface area contributed by atoms with Gasteiger partial charge in [0.25, 0.3) is 0 Å². The summed E-state index contributed by atoms with van der Waals surface area (Å²) in [7, 11) is 1.30. The third-order valence-electron chi connectivity index (χ3n) is 6.23. The van der Waals surface area contributed by atoms with Crippen molar-refractivity contribution >= 4 is 17.5 Å². The van der Waals surface area contributed by atoms with E-state index in [0.29, 0.717) is 30.1 Å². The van der Waals surface area contributed by atoms with Crippen molar-refractivity contribution in [2.24, 2.45) is 4.99 Å². The van der Waals surface area contributed by atoms with Crippen molar-refractivity contribution in [3.05, 3.63) is 101 Å². The highest BCUT2D eigenvalue weighted by Crippen LogP contribution is 2.36. The molecule has 1 saturated heterocycles. The fraction of sp³-hybridized carbons (Fsp3) is 0.286. The van der Waals surface area contributed by atoms with Crippen molar-refractivity contribution in [1.29, 1.82) is 0 Å². The van der Waals surface area contributed by atoms with E-state index in [0.717, 1.165) is 32.1 Å². The lowest BCUT2D eigenvalue weighted by molar-refractivity contribution is -0.137. The maximum atomic E-state index is 13.7. The van der Waals surface area contributed by atoms with E-state index in [1.165, 1.54) is 24.8 Å². The molecule has 4 rings (SSSR count). The molecule has 3 aromatic rings. The number of amidine groups is 1. The van der Waals surface area contributed by atoms with Gasteiger partial charge in [-0.25, -0.2) is 9.79 Å². The van der Waals surface area contributed by atoms with Crippen LogP contribution in [0.5, 0.6) is 0 Å². The van der Waals surface area contributed by atoms with Gasteiger partial charge in [0.2, 0.25) is 0 Å². The number of rotatable bonds is 6. The van der Waals surface area contributed by atoms with Gasteiger partial charge < -0.3 is 9.64 Å². The van der Waals surface area contributed by atoms with Gasteiger partial charge in [-0.15, -0.1) is 0 Å². The largest absolute Gasteiger partial charge is 0.465 e. The molecule has 0 unspecified atom stereocenters. The summed E-state index contributed by atoms with van der Waals surface area (Å²) in [5.74, 6) is -0.0275. The fourth-order valence-corrected chi connectivity index (χ4v) is 4.23. The lowest BCUT2D eigenvalue weighted by atomic mass is 10.1. The van der Waals surface area contributed by atoms with Gasteiger partial charge in [0.1, 0.15) is 5.84 Å². The van der Waals surface area contributed by atoms with Gasteiger partial charge in [-0.1, -0.05) is 54.6 Å². The number of halogens is 3. The summed E-state index contributed by atoms with van der Waals surface area (Å²) in [5, 5.41) is 0. The van der Waals surface area contributed by atoms with Gasteiger partial charge in [0.15, 0.2) is 0 Å². The Hall–Kier alpha value is -3.65. The molecule has 1 aliphatic heterocycles. The van der Waals surface area contributed by atoms with Gasteiger partial charge in [-0.3, -0.25) is 4.90 Å². The number of methoxy groups -OCH3 is 1. The first kappa shape index (κ1) is 25.4. The molecule has 0 atom stereocenters. The third-order valence-corrected chi connectivity index (χ3v) is 6.23. The van der Waals surface area contributed by atoms with Crippen LogP contribution in [0.25, 0.3) is 0 Å². The van der Waals surface area contributed by atoms with Crippen LogP contribution in [-0.2, 0) is 17.3 Å². The van der Waals surface area contributed by atoms with Crippen molar-refractivity contribution in [3.63, 3.8) is 0 Å². The molecule has 1 aliphatic rings. The number of nitrogens with zero attached hydrogens (tertiary/aromatic N) is 3. The number of ether oxygens (including phenoxy) is 1. The molecular weight excluding hydrogens is 467 g/mol. The van der Waals surface area contributed by atoms with Crippen LogP contribution in [0.4, 0.5) is 18.9 Å². The Labute approximate surface area is 208 Å². The molecule has 188 valence electrons. The standard InChI is InChI=1S/C28H28F3N3O2/c1-36-27(35)23-13-11-22(12-14-23)26(32-25-10-6-5-9-24(25)28(29,30)31)34-19-17-33(18-20-34)16-15-21-7-3-2-4-8-21/h2-14H,15-20H2,1H3/b32-26+. The van der Waals surface area contributed by atoms with Crippen LogP contribution in [0.15, 0.2) is 83.9 Å². The Morgan fingerprint density at radius 3 is 2.11 bits per heavy atom. The Kier molecular flexibility index (Phi) is 8.05. The number of carbonyl (C=O) groups excluding carboxylic acids is 1. The summed E-state index contributed by atoms with van der Waals surface area (Å²) in [4.78, 5) is 20.7. The van der Waals surface area contributed by atoms with Crippen LogP contribution in [0.3, 0.4) is 0 Å². The van der Waals surface area contributed by atoms with E-state index in [-0.39, 0.29) is 5.69 Å². The number of para-hydroxylation sites is 1. The minimum Gasteiger partial charge on any atom is -0.465 e. The highest BCUT2D eigenvalue weighted by atomic mass is 19.4. The van der Waals surface area contributed by atoms with E-state index in [4.69, 9.17) is 4.74 Å². The number of carbonyl (C=O) groups is 1. The van der Waals surface area contributed by atoms with Crippen molar-refractivity contribution in [2.75, 3.05) is 39.8 Å². The molecule has 0 bridgehead atoms. The van der Waals surface area contributed by atoms with Crippen LogP contribution in [0.2, 0.25) is 0 Å². The molecule has 0 aromatic heterocycles. The number of benzene rings is 3. The second kappa shape index (κ2) is 11.4. The lowest BCUT2D eigenvalue weighted by Gasteiger charge is -2.36. The molecule has 1 fully saturated rings. The molecule has 3 aromatic carbocycles. The SMILES string of the molecule is COC(=O)c1ccc(/C(=N\c2ccccc2C(F)(F)F)N2CCN(CCc3ccccc3)CC2)cc1. The second-order valence-electron chi connectivity index (χ2n) is 8.58. The second-order valence-corrected chi connectivity index (χ2v) is 8.58. The van der Waals surface area contributed by atoms with Gasteiger partial charge in [-0.05, 0) is 36.2 Å². The minimum atomic E-state index is -4.52. The summed E-state index contributed by atoms with van der Waals surface area (Å²) in [6, 6.07) is 22.2. The zero-order valence-electron chi connectivity index (χ0n) is 20.0. The summed E-state index contributed by atoms with van der Waals surface area (Å²) < 4.78 is 45.7. The van der Waals surface area contributed by atoms with Crippen LogP contribution in [0.1, 0.15) is 27.0 Å². The number of hydrogen-bond donors (Lipinski definition) is 0. The maximum Gasteiger partial charge on any atom is 0.418 e. The molecule has 0 saturated carbocycles. The molecule has 0 amide bonds. The van der Waals surface area contributed by atoms with E-state index in [9.17, 15) is 18.0 Å². The van der Waals surface area contributed by atoms with Crippen LogP contribution < -0.4 is 0 Å². The quantitative estimate of drug-likeness (QED) is 0.260. The first-order chi connectivity index (χ1) is 17.3. The van der Waals surface area contributed by atoms with E-state index < -0.39 is 17.7 Å². The van der Waals surface area contributed by atoms with Crippen molar-refractivity contribution in [1.82, 2.24) is 9.80 Å². The minimum absolute atomic E-state index is 0.136. The Balaban J connectivity index is 1.58. The predicted molar refractivity (Wildman–Crippen MR) is 134 cm³/mol. The summed E-state index contributed by atoms with van der Waals surface area (Å²) >= 11 is 0.